The van der Waals surface area contributed by atoms with E-state index in [1.165, 1.54) is 0 Å². The van der Waals surface area contributed by atoms with E-state index in [9.17, 15) is 9.18 Å². The van der Waals surface area contributed by atoms with Gasteiger partial charge in [-0.2, -0.15) is 0 Å². The van der Waals surface area contributed by atoms with Gasteiger partial charge in [-0.05, 0) is 17.7 Å². The highest BCUT2D eigenvalue weighted by Gasteiger charge is 2.17. The Morgan fingerprint density at radius 2 is 2.15 bits per heavy atom. The second-order valence-corrected chi connectivity index (χ2v) is 5.13. The summed E-state index contributed by atoms with van der Waals surface area (Å²) in [5.74, 6) is -1.64. The van der Waals surface area contributed by atoms with Crippen LogP contribution in [0, 0.1) is 5.82 Å². The molecule has 1 aromatic carbocycles. The summed E-state index contributed by atoms with van der Waals surface area (Å²) in [6.07, 6.45) is 1.01. The van der Waals surface area contributed by atoms with E-state index in [0.717, 1.165) is 22.3 Å². The van der Waals surface area contributed by atoms with Crippen LogP contribution in [0.25, 0.3) is 0 Å². The molecule has 1 aromatic heterocycles. The number of hydrogen-bond acceptors (Lipinski definition) is 3. The maximum absolute atomic E-state index is 13.1. The van der Waals surface area contributed by atoms with Gasteiger partial charge in [0.15, 0.2) is 0 Å². The third-order valence-electron chi connectivity index (χ3n) is 2.79. The molecule has 2 aromatic rings. The van der Waals surface area contributed by atoms with Crippen LogP contribution in [0.5, 0.6) is 0 Å². The third kappa shape index (κ3) is 3.14. The molecule has 4 nitrogen and oxygen atoms in total. The maximum Gasteiger partial charge on any atom is 0.339 e. The molecule has 104 valence electrons. The van der Waals surface area contributed by atoms with Crippen LogP contribution in [0.3, 0.4) is 0 Å². The first-order valence-corrected chi connectivity index (χ1v) is 6.61. The molecule has 0 aliphatic rings. The second-order valence-electron chi connectivity index (χ2n) is 4.28. The summed E-state index contributed by atoms with van der Waals surface area (Å²) < 4.78 is 14.0. The van der Waals surface area contributed by atoms with Crippen molar-refractivity contribution in [3.63, 3.8) is 0 Å². The van der Waals surface area contributed by atoms with Crippen LogP contribution in [-0.2, 0) is 6.54 Å². The Kier molecular flexibility index (Phi) is 4.34. The summed E-state index contributed by atoms with van der Waals surface area (Å²) in [6, 6.07) is 8.58. The van der Waals surface area contributed by atoms with Crippen LogP contribution in [0.1, 0.15) is 15.9 Å². The fraction of sp³-hybridized carbons (Fsp3) is 0.143. The van der Waals surface area contributed by atoms with Gasteiger partial charge in [-0.1, -0.05) is 34.1 Å². The molecule has 0 aliphatic carbocycles. The zero-order valence-corrected chi connectivity index (χ0v) is 12.3. The lowest BCUT2D eigenvalue weighted by Gasteiger charge is -2.20. The zero-order valence-electron chi connectivity index (χ0n) is 10.7. The van der Waals surface area contributed by atoms with E-state index in [1.54, 1.807) is 11.9 Å². The molecule has 1 N–H and O–H groups in total. The molecule has 0 aliphatic heterocycles. The Hall–Kier alpha value is -1.95. The molecule has 0 saturated carbocycles. The van der Waals surface area contributed by atoms with Crippen LogP contribution >= 0.6 is 15.9 Å². The summed E-state index contributed by atoms with van der Waals surface area (Å²) >= 11 is 3.43. The second kappa shape index (κ2) is 6.00. The van der Waals surface area contributed by atoms with Crippen LogP contribution < -0.4 is 4.90 Å². The van der Waals surface area contributed by atoms with Gasteiger partial charge in [-0.15, -0.1) is 0 Å². The molecule has 20 heavy (non-hydrogen) atoms. The summed E-state index contributed by atoms with van der Waals surface area (Å²) in [5.41, 5.74) is 0.831. The highest BCUT2D eigenvalue weighted by molar-refractivity contribution is 9.10. The van der Waals surface area contributed by atoms with Crippen molar-refractivity contribution in [2.75, 3.05) is 11.9 Å². The predicted molar refractivity (Wildman–Crippen MR) is 77.4 cm³/mol. The Bertz CT molecular complexity index is 649. The molecule has 6 heteroatoms. The van der Waals surface area contributed by atoms with Crippen molar-refractivity contribution in [2.45, 2.75) is 6.54 Å². The molecule has 1 heterocycles. The molecule has 0 fully saturated rings. The Morgan fingerprint density at radius 3 is 2.80 bits per heavy atom. The quantitative estimate of drug-likeness (QED) is 0.929. The monoisotopic (exact) mass is 338 g/mol. The predicted octanol–water partition coefficient (Wildman–Crippen LogP) is 3.32. The fourth-order valence-electron chi connectivity index (χ4n) is 1.85. The first kappa shape index (κ1) is 14.5. The van der Waals surface area contributed by atoms with Gasteiger partial charge < -0.3 is 10.0 Å². The number of halogens is 2. The first-order valence-electron chi connectivity index (χ1n) is 5.82. The van der Waals surface area contributed by atoms with Gasteiger partial charge in [-0.3, -0.25) is 0 Å². The molecule has 2 rings (SSSR count). The van der Waals surface area contributed by atoms with Gasteiger partial charge in [0.05, 0.1) is 6.20 Å². The van der Waals surface area contributed by atoms with Crippen molar-refractivity contribution < 1.29 is 14.3 Å². The number of aromatic carboxylic acids is 1. The fourth-order valence-corrected chi connectivity index (χ4v) is 2.26. The topological polar surface area (TPSA) is 53.4 Å². The molecular weight excluding hydrogens is 327 g/mol. The first-order chi connectivity index (χ1) is 9.49. The summed E-state index contributed by atoms with van der Waals surface area (Å²) in [5, 5.41) is 9.12. The molecule has 0 spiro atoms. The summed E-state index contributed by atoms with van der Waals surface area (Å²) in [4.78, 5) is 16.7. The zero-order chi connectivity index (χ0) is 14.7. The van der Waals surface area contributed by atoms with E-state index in [1.807, 2.05) is 24.3 Å². The third-order valence-corrected chi connectivity index (χ3v) is 3.56. The van der Waals surface area contributed by atoms with E-state index in [0.29, 0.717) is 6.54 Å². The lowest BCUT2D eigenvalue weighted by Crippen LogP contribution is -2.21. The highest BCUT2D eigenvalue weighted by Crippen LogP contribution is 2.22. The van der Waals surface area contributed by atoms with E-state index in [-0.39, 0.29) is 11.4 Å². The molecule has 0 atom stereocenters. The Morgan fingerprint density at radius 1 is 1.45 bits per heavy atom. The standard InChI is InChI=1S/C14H12BrFN2O2/c1-18(8-9-4-2-3-5-12(9)15)13-11(14(19)20)6-10(16)7-17-13/h2-7H,8H2,1H3,(H,19,20). The van der Waals surface area contributed by atoms with Crippen LogP contribution in [0.15, 0.2) is 41.0 Å². The number of hydrogen-bond donors (Lipinski definition) is 1. The van der Waals surface area contributed by atoms with Gasteiger partial charge >= 0.3 is 5.97 Å². The van der Waals surface area contributed by atoms with Crippen molar-refractivity contribution in [3.8, 4) is 0 Å². The van der Waals surface area contributed by atoms with Crippen molar-refractivity contribution >= 4 is 27.7 Å². The maximum atomic E-state index is 13.1. The number of rotatable bonds is 4. The largest absolute Gasteiger partial charge is 0.478 e. The lowest BCUT2D eigenvalue weighted by atomic mass is 10.2. The number of benzene rings is 1. The van der Waals surface area contributed by atoms with Gasteiger partial charge in [0.2, 0.25) is 0 Å². The minimum Gasteiger partial charge on any atom is -0.478 e. The molecular formula is C14H12BrFN2O2. The van der Waals surface area contributed by atoms with Crippen LogP contribution in [0.4, 0.5) is 10.2 Å². The highest BCUT2D eigenvalue weighted by atomic mass is 79.9. The van der Waals surface area contributed by atoms with Crippen molar-refractivity contribution in [3.05, 3.63) is 57.9 Å². The number of aromatic nitrogens is 1. The van der Waals surface area contributed by atoms with Crippen molar-refractivity contribution in [1.29, 1.82) is 0 Å². The van der Waals surface area contributed by atoms with Crippen molar-refractivity contribution in [1.82, 2.24) is 4.98 Å². The molecule has 0 unspecified atom stereocenters. The van der Waals surface area contributed by atoms with E-state index in [4.69, 9.17) is 5.11 Å². The van der Waals surface area contributed by atoms with Gasteiger partial charge in [0.1, 0.15) is 17.2 Å². The smallest absolute Gasteiger partial charge is 0.339 e. The summed E-state index contributed by atoms with van der Waals surface area (Å²) in [6.45, 7) is 0.459. The van der Waals surface area contributed by atoms with Gasteiger partial charge in [0.25, 0.3) is 0 Å². The normalized spacial score (nSPS) is 10.3. The Balaban J connectivity index is 2.32. The number of carbonyl (C=O) groups is 1. The van der Waals surface area contributed by atoms with Crippen molar-refractivity contribution in [2.24, 2.45) is 0 Å². The molecule has 0 bridgehead atoms. The Labute approximate surface area is 124 Å². The minimum absolute atomic E-state index is 0.153. The number of carboxylic acids is 1. The van der Waals surface area contributed by atoms with Crippen LogP contribution in [0.2, 0.25) is 0 Å². The average Bonchev–Trinajstić information content (AvgIpc) is 2.41. The number of anilines is 1. The van der Waals surface area contributed by atoms with Gasteiger partial charge in [-0.25, -0.2) is 14.2 Å². The molecule has 0 saturated heterocycles. The van der Waals surface area contributed by atoms with E-state index >= 15 is 0 Å². The lowest BCUT2D eigenvalue weighted by molar-refractivity contribution is 0.0696. The summed E-state index contributed by atoms with van der Waals surface area (Å²) in [7, 11) is 1.71. The molecule has 0 radical (unpaired) electrons. The van der Waals surface area contributed by atoms with Gasteiger partial charge in [0, 0.05) is 18.1 Å². The number of pyridine rings is 1. The number of carboxylic acid groups (broad SMARTS) is 1. The van der Waals surface area contributed by atoms with E-state index < -0.39 is 11.8 Å². The SMILES string of the molecule is CN(Cc1ccccc1Br)c1ncc(F)cc1C(=O)O. The number of nitrogens with zero attached hydrogens (tertiary/aromatic N) is 2. The van der Waals surface area contributed by atoms with Crippen LogP contribution in [-0.4, -0.2) is 23.1 Å². The van der Waals surface area contributed by atoms with E-state index in [2.05, 4.69) is 20.9 Å². The average molecular weight is 339 g/mol. The molecule has 0 amide bonds. The minimum atomic E-state index is -1.20.